The molecule has 1 amide bonds. The summed E-state index contributed by atoms with van der Waals surface area (Å²) in [5.74, 6) is 0.358. The molecule has 1 saturated heterocycles. The van der Waals surface area contributed by atoms with Crippen molar-refractivity contribution in [3.63, 3.8) is 0 Å². The maximum absolute atomic E-state index is 14.0. The van der Waals surface area contributed by atoms with E-state index in [-0.39, 0.29) is 17.9 Å². The van der Waals surface area contributed by atoms with Crippen LogP contribution in [0.4, 0.5) is 0 Å². The van der Waals surface area contributed by atoms with Crippen molar-refractivity contribution in [2.75, 3.05) is 6.54 Å². The van der Waals surface area contributed by atoms with E-state index >= 15 is 0 Å². The molecule has 2 fully saturated rings. The van der Waals surface area contributed by atoms with Crippen LogP contribution in [-0.2, 0) is 11.2 Å². The molecule has 1 aromatic heterocycles. The van der Waals surface area contributed by atoms with Gasteiger partial charge in [-0.2, -0.15) is 0 Å². The molecule has 0 radical (unpaired) electrons. The molecule has 0 spiro atoms. The van der Waals surface area contributed by atoms with Crippen molar-refractivity contribution in [2.24, 2.45) is 5.92 Å². The fraction of sp³-hybridized carbons (Fsp3) is 0.467. The number of carbonyl (C=O) groups is 1. The topological polar surface area (TPSA) is 80.0 Å². The monoisotopic (exact) mass is 523 g/mol. The smallest absolute Gasteiger partial charge is 0.336 e. The van der Waals surface area contributed by atoms with E-state index in [1.165, 1.54) is 6.07 Å². The molecule has 2 aromatic carbocycles. The molecule has 0 bridgehead atoms. The summed E-state index contributed by atoms with van der Waals surface area (Å²) in [7, 11) is 0. The van der Waals surface area contributed by atoms with Gasteiger partial charge in [0.15, 0.2) is 6.10 Å². The standard InChI is InChI=1S/C30H34ClNO5/c1-4-20-17-26(33)37-25-16-18(2)15-24(27(20)25)36-19(3)29(34)32-14-13-30(35)12-6-5-7-23(30)28(32)21-8-10-22(31)11-9-21/h8-11,15-17,19,23,28,35H,4-7,12-14H2,1-3H3/t19-,23+,28-,30+/m0/s1. The number of aryl methyl sites for hydroxylation is 2. The van der Waals surface area contributed by atoms with Gasteiger partial charge in [0.05, 0.1) is 17.0 Å². The number of carbonyl (C=O) groups excluding carboxylic acids is 1. The first kappa shape index (κ1) is 25.8. The molecule has 1 aliphatic carbocycles. The van der Waals surface area contributed by atoms with Gasteiger partial charge in [-0.25, -0.2) is 4.79 Å². The average Bonchev–Trinajstić information content (AvgIpc) is 2.87. The SMILES string of the molecule is CCc1cc(=O)oc2cc(C)cc(O[C@@H](C)C(=O)N3CC[C@]4(O)CCCC[C@@H]4[C@@H]3c3ccc(Cl)cc3)c12. The molecular weight excluding hydrogens is 490 g/mol. The van der Waals surface area contributed by atoms with Crippen LogP contribution in [-0.4, -0.2) is 34.2 Å². The van der Waals surface area contributed by atoms with Crippen LogP contribution in [0.1, 0.15) is 68.7 Å². The van der Waals surface area contributed by atoms with E-state index in [0.717, 1.165) is 47.8 Å². The Balaban J connectivity index is 1.49. The fourth-order valence-corrected chi connectivity index (χ4v) is 6.44. The first-order valence-corrected chi connectivity index (χ1v) is 13.6. The molecule has 7 heteroatoms. The van der Waals surface area contributed by atoms with E-state index in [9.17, 15) is 14.7 Å². The highest BCUT2D eigenvalue weighted by atomic mass is 35.5. The van der Waals surface area contributed by atoms with Crippen LogP contribution in [0, 0.1) is 12.8 Å². The molecule has 6 nitrogen and oxygen atoms in total. The van der Waals surface area contributed by atoms with Crippen LogP contribution in [0.3, 0.4) is 0 Å². The van der Waals surface area contributed by atoms with Gasteiger partial charge in [-0.15, -0.1) is 0 Å². The Bertz CT molecular complexity index is 1370. The van der Waals surface area contributed by atoms with Gasteiger partial charge in [-0.1, -0.05) is 43.5 Å². The number of aliphatic hydroxyl groups is 1. The van der Waals surface area contributed by atoms with Crippen molar-refractivity contribution in [3.05, 3.63) is 74.6 Å². The Morgan fingerprint density at radius 3 is 2.70 bits per heavy atom. The Morgan fingerprint density at radius 1 is 1.22 bits per heavy atom. The van der Waals surface area contributed by atoms with E-state index in [1.54, 1.807) is 6.92 Å². The number of halogens is 1. The van der Waals surface area contributed by atoms with Crippen molar-refractivity contribution < 1.29 is 19.1 Å². The lowest BCUT2D eigenvalue weighted by Gasteiger charge is -2.53. The average molecular weight is 524 g/mol. The van der Waals surface area contributed by atoms with Gasteiger partial charge < -0.3 is 19.2 Å². The summed E-state index contributed by atoms with van der Waals surface area (Å²) in [4.78, 5) is 27.9. The van der Waals surface area contributed by atoms with Gasteiger partial charge >= 0.3 is 5.63 Å². The number of ether oxygens (including phenoxy) is 1. The lowest BCUT2D eigenvalue weighted by molar-refractivity contribution is -0.161. The minimum absolute atomic E-state index is 0.0481. The van der Waals surface area contributed by atoms with E-state index in [4.69, 9.17) is 20.8 Å². The van der Waals surface area contributed by atoms with Gasteiger partial charge in [0.25, 0.3) is 5.91 Å². The summed E-state index contributed by atoms with van der Waals surface area (Å²) >= 11 is 6.17. The number of likely N-dealkylation sites (tertiary alicyclic amines) is 1. The summed E-state index contributed by atoms with van der Waals surface area (Å²) in [6.45, 7) is 6.10. The number of nitrogens with zero attached hydrogens (tertiary/aromatic N) is 1. The third-order valence-corrected chi connectivity index (χ3v) is 8.38. The van der Waals surface area contributed by atoms with Crippen LogP contribution in [0.25, 0.3) is 11.0 Å². The maximum atomic E-state index is 14.0. The van der Waals surface area contributed by atoms with E-state index < -0.39 is 17.3 Å². The predicted octanol–water partition coefficient (Wildman–Crippen LogP) is 5.98. The van der Waals surface area contributed by atoms with Gasteiger partial charge in [0, 0.05) is 23.6 Å². The third-order valence-electron chi connectivity index (χ3n) is 8.13. The summed E-state index contributed by atoms with van der Waals surface area (Å²) in [5.41, 5.74) is 1.97. The molecule has 1 aliphatic heterocycles. The Hall–Kier alpha value is -2.83. The van der Waals surface area contributed by atoms with Crippen LogP contribution < -0.4 is 10.4 Å². The molecule has 3 aromatic rings. The first-order chi connectivity index (χ1) is 17.7. The number of rotatable bonds is 5. The molecule has 196 valence electrons. The van der Waals surface area contributed by atoms with Crippen molar-refractivity contribution in [2.45, 2.75) is 77.0 Å². The molecule has 4 atom stereocenters. The minimum atomic E-state index is -0.774. The van der Waals surface area contributed by atoms with Crippen molar-refractivity contribution in [1.82, 2.24) is 4.90 Å². The number of piperidine rings is 1. The highest BCUT2D eigenvalue weighted by molar-refractivity contribution is 6.30. The van der Waals surface area contributed by atoms with E-state index in [2.05, 4.69) is 0 Å². The third kappa shape index (κ3) is 4.89. The zero-order valence-electron chi connectivity index (χ0n) is 21.6. The number of benzene rings is 2. The molecule has 0 unspecified atom stereocenters. The quantitative estimate of drug-likeness (QED) is 0.416. The van der Waals surface area contributed by atoms with Crippen LogP contribution in [0.2, 0.25) is 5.02 Å². The molecule has 5 rings (SSSR count). The van der Waals surface area contributed by atoms with Crippen LogP contribution >= 0.6 is 11.6 Å². The highest BCUT2D eigenvalue weighted by Crippen LogP contribution is 2.49. The lowest BCUT2D eigenvalue weighted by Crippen LogP contribution is -2.58. The molecule has 2 heterocycles. The van der Waals surface area contributed by atoms with Gasteiger partial charge in [0.2, 0.25) is 0 Å². The number of amides is 1. The molecule has 1 N–H and O–H groups in total. The summed E-state index contributed by atoms with van der Waals surface area (Å²) in [6.07, 6.45) is 4.08. The van der Waals surface area contributed by atoms with Crippen molar-refractivity contribution >= 4 is 28.5 Å². The van der Waals surface area contributed by atoms with Gasteiger partial charge in [0.1, 0.15) is 11.3 Å². The zero-order valence-corrected chi connectivity index (χ0v) is 22.4. The Kier molecular flexibility index (Phi) is 7.08. The Morgan fingerprint density at radius 2 is 1.97 bits per heavy atom. The fourth-order valence-electron chi connectivity index (χ4n) is 6.32. The van der Waals surface area contributed by atoms with Crippen molar-refractivity contribution in [1.29, 1.82) is 0 Å². The zero-order chi connectivity index (χ0) is 26.3. The number of hydrogen-bond acceptors (Lipinski definition) is 5. The second-order valence-corrected chi connectivity index (χ2v) is 11.0. The van der Waals surface area contributed by atoms with E-state index in [1.807, 2.05) is 55.1 Å². The second kappa shape index (κ2) is 10.1. The minimum Gasteiger partial charge on any atom is -0.480 e. The number of fused-ring (bicyclic) bond motifs is 2. The molecule has 37 heavy (non-hydrogen) atoms. The summed E-state index contributed by atoms with van der Waals surface area (Å²) in [5, 5.41) is 12.9. The predicted molar refractivity (Wildman–Crippen MR) is 144 cm³/mol. The van der Waals surface area contributed by atoms with Crippen molar-refractivity contribution in [3.8, 4) is 5.75 Å². The Labute approximate surface area is 222 Å². The molecular formula is C30H34ClNO5. The maximum Gasteiger partial charge on any atom is 0.336 e. The van der Waals surface area contributed by atoms with Crippen LogP contribution in [0.5, 0.6) is 5.75 Å². The second-order valence-electron chi connectivity index (χ2n) is 10.6. The lowest BCUT2D eigenvalue weighted by atomic mass is 9.66. The largest absolute Gasteiger partial charge is 0.480 e. The van der Waals surface area contributed by atoms with Gasteiger partial charge in [-0.3, -0.25) is 4.79 Å². The summed E-state index contributed by atoms with van der Waals surface area (Å²) < 4.78 is 11.8. The first-order valence-electron chi connectivity index (χ1n) is 13.2. The van der Waals surface area contributed by atoms with E-state index in [0.29, 0.717) is 35.7 Å². The van der Waals surface area contributed by atoms with Gasteiger partial charge in [-0.05, 0) is 80.5 Å². The molecule has 1 saturated carbocycles. The molecule has 2 aliphatic rings. The number of hydrogen-bond donors (Lipinski definition) is 1. The normalized spacial score (nSPS) is 24.5. The highest BCUT2D eigenvalue weighted by Gasteiger charge is 2.50. The summed E-state index contributed by atoms with van der Waals surface area (Å²) in [6, 6.07) is 12.5. The van der Waals surface area contributed by atoms with Crippen LogP contribution in [0.15, 0.2) is 51.7 Å².